The van der Waals surface area contributed by atoms with E-state index in [0.717, 1.165) is 10.9 Å². The Morgan fingerprint density at radius 3 is 1.16 bits per heavy atom. The van der Waals surface area contributed by atoms with E-state index in [1.165, 1.54) is 86.5 Å². The van der Waals surface area contributed by atoms with E-state index in [9.17, 15) is 0 Å². The van der Waals surface area contributed by atoms with Gasteiger partial charge in [-0.25, -0.2) is 0 Å². The Hall–Kier alpha value is -1.59. The normalized spacial score (nSPS) is 22.2. The summed E-state index contributed by atoms with van der Waals surface area (Å²) >= 11 is 0. The average molecular weight is 586 g/mol. The Bertz CT molecular complexity index is 1170. The topological polar surface area (TPSA) is 36.9 Å². The smallest absolute Gasteiger partial charge is 0.399 e. The van der Waals surface area contributed by atoms with E-state index >= 15 is 0 Å². The molecule has 0 unspecified atom stereocenters. The number of benzene rings is 2. The molecule has 6 heteroatoms. The molecule has 43 heavy (non-hydrogen) atoms. The van der Waals surface area contributed by atoms with Gasteiger partial charge in [0.05, 0.1) is 22.4 Å². The average Bonchev–Trinajstić information content (AvgIpc) is 3.43. The van der Waals surface area contributed by atoms with E-state index in [-0.39, 0.29) is 42.1 Å². The molecule has 0 radical (unpaired) electrons. The van der Waals surface area contributed by atoms with E-state index in [1.807, 2.05) is 0 Å². The molecule has 0 N–H and O–H groups in total. The molecule has 0 saturated carbocycles. The summed E-state index contributed by atoms with van der Waals surface area (Å²) in [5.74, 6) is 0. The van der Waals surface area contributed by atoms with E-state index in [0.29, 0.717) is 0 Å². The molecule has 2 aliphatic heterocycles. The molecule has 0 atom stereocenters. The minimum absolute atomic E-state index is 0.0229. The van der Waals surface area contributed by atoms with Gasteiger partial charge >= 0.3 is 14.2 Å². The Morgan fingerprint density at radius 2 is 0.837 bits per heavy atom. The summed E-state index contributed by atoms with van der Waals surface area (Å²) in [6.07, 6.45) is 12.6. The number of hydrogen-bond donors (Lipinski definition) is 0. The minimum Gasteiger partial charge on any atom is -0.399 e. The van der Waals surface area contributed by atoms with Gasteiger partial charge in [0.25, 0.3) is 0 Å². The highest BCUT2D eigenvalue weighted by Crippen LogP contribution is 2.54. The lowest BCUT2D eigenvalue weighted by atomic mass is 9.69. The van der Waals surface area contributed by atoms with Crippen LogP contribution in [-0.4, -0.2) is 36.6 Å². The van der Waals surface area contributed by atoms with Crippen molar-refractivity contribution < 1.29 is 18.6 Å². The molecule has 4 nitrogen and oxygen atoms in total. The van der Waals surface area contributed by atoms with Gasteiger partial charge in [0.1, 0.15) is 0 Å². The molecule has 2 saturated heterocycles. The summed E-state index contributed by atoms with van der Waals surface area (Å²) in [5.41, 5.74) is 6.31. The van der Waals surface area contributed by atoms with Crippen LogP contribution in [0.15, 0.2) is 36.4 Å². The highest BCUT2D eigenvalue weighted by molar-refractivity contribution is 6.63. The highest BCUT2D eigenvalue weighted by Gasteiger charge is 2.54. The standard InChI is InChI=1S/C37H56B2O4/c1-11-13-15-17-23-37(24-18-16-14-12-2)31-21-19-27(38-40-33(3,4)34(5,6)41-38)25-29(31)30-26-28(20-22-32(30)37)39-42-35(7,8)36(9,10)43-39/h19-22,25-26H,11-18,23-24H2,1-10H3. The zero-order valence-electron chi connectivity index (χ0n) is 28.8. The highest BCUT2D eigenvalue weighted by atomic mass is 16.7. The quantitative estimate of drug-likeness (QED) is 0.185. The summed E-state index contributed by atoms with van der Waals surface area (Å²) in [5, 5.41) is 0. The Balaban J connectivity index is 1.60. The van der Waals surface area contributed by atoms with Gasteiger partial charge in [0.15, 0.2) is 0 Å². The molecule has 2 fully saturated rings. The zero-order valence-corrected chi connectivity index (χ0v) is 28.8. The van der Waals surface area contributed by atoms with Gasteiger partial charge in [-0.1, -0.05) is 102 Å². The summed E-state index contributed by atoms with van der Waals surface area (Å²) in [7, 11) is -0.761. The van der Waals surface area contributed by atoms with Crippen molar-refractivity contribution in [3.8, 4) is 11.1 Å². The third-order valence-electron chi connectivity index (χ3n) is 11.4. The lowest BCUT2D eigenvalue weighted by Crippen LogP contribution is -2.41. The van der Waals surface area contributed by atoms with Crippen LogP contribution in [0.3, 0.4) is 0 Å². The maximum absolute atomic E-state index is 6.52. The largest absolute Gasteiger partial charge is 0.494 e. The van der Waals surface area contributed by atoms with E-state index < -0.39 is 0 Å². The van der Waals surface area contributed by atoms with Crippen molar-refractivity contribution >= 4 is 25.2 Å². The van der Waals surface area contributed by atoms with Crippen LogP contribution in [0, 0.1) is 0 Å². The van der Waals surface area contributed by atoms with Gasteiger partial charge in [-0.2, -0.15) is 0 Å². The van der Waals surface area contributed by atoms with Gasteiger partial charge in [0.2, 0.25) is 0 Å². The van der Waals surface area contributed by atoms with Crippen molar-refractivity contribution in [1.29, 1.82) is 0 Å². The molecule has 3 aliphatic rings. The number of unbranched alkanes of at least 4 members (excludes halogenated alkanes) is 6. The van der Waals surface area contributed by atoms with Gasteiger partial charge in [-0.15, -0.1) is 0 Å². The van der Waals surface area contributed by atoms with Crippen LogP contribution < -0.4 is 10.9 Å². The van der Waals surface area contributed by atoms with Gasteiger partial charge < -0.3 is 18.6 Å². The second kappa shape index (κ2) is 12.0. The maximum Gasteiger partial charge on any atom is 0.494 e. The summed E-state index contributed by atoms with van der Waals surface area (Å²) < 4.78 is 26.1. The first-order valence-electron chi connectivity index (χ1n) is 17.2. The van der Waals surface area contributed by atoms with Crippen molar-refractivity contribution in [2.75, 3.05) is 0 Å². The van der Waals surface area contributed by atoms with Crippen molar-refractivity contribution in [1.82, 2.24) is 0 Å². The molecular weight excluding hydrogens is 530 g/mol. The Labute approximate surface area is 263 Å². The van der Waals surface area contributed by atoms with Crippen LogP contribution in [0.25, 0.3) is 11.1 Å². The fourth-order valence-electron chi connectivity index (χ4n) is 7.17. The minimum atomic E-state index is -0.380. The molecule has 2 heterocycles. The molecular formula is C37H56B2O4. The molecule has 2 aromatic rings. The van der Waals surface area contributed by atoms with Gasteiger partial charge in [0, 0.05) is 5.41 Å². The second-order valence-electron chi connectivity index (χ2n) is 15.5. The lowest BCUT2D eigenvalue weighted by Gasteiger charge is -2.33. The molecule has 0 bridgehead atoms. The Kier molecular flexibility index (Phi) is 9.13. The maximum atomic E-state index is 6.52. The van der Waals surface area contributed by atoms with Crippen LogP contribution >= 0.6 is 0 Å². The summed E-state index contributed by atoms with van der Waals surface area (Å²) in [6.45, 7) is 21.6. The fourth-order valence-corrected chi connectivity index (χ4v) is 7.17. The van der Waals surface area contributed by atoms with Crippen molar-refractivity contribution in [3.05, 3.63) is 47.5 Å². The summed E-state index contributed by atoms with van der Waals surface area (Å²) in [4.78, 5) is 0. The predicted molar refractivity (Wildman–Crippen MR) is 182 cm³/mol. The first kappa shape index (κ1) is 32.8. The summed E-state index contributed by atoms with van der Waals surface area (Å²) in [6, 6.07) is 14.1. The third kappa shape index (κ3) is 5.91. The zero-order chi connectivity index (χ0) is 31.3. The molecule has 234 valence electrons. The van der Waals surface area contributed by atoms with E-state index in [2.05, 4.69) is 106 Å². The van der Waals surface area contributed by atoms with Crippen LogP contribution in [0.1, 0.15) is 145 Å². The predicted octanol–water partition coefficient (Wildman–Crippen LogP) is 8.49. The molecule has 0 spiro atoms. The first-order chi connectivity index (χ1) is 20.2. The Morgan fingerprint density at radius 1 is 0.488 bits per heavy atom. The number of fused-ring (bicyclic) bond motifs is 3. The van der Waals surface area contributed by atoms with Crippen LogP contribution in [0.5, 0.6) is 0 Å². The monoisotopic (exact) mass is 586 g/mol. The second-order valence-corrected chi connectivity index (χ2v) is 15.5. The van der Waals surface area contributed by atoms with E-state index in [1.54, 1.807) is 0 Å². The lowest BCUT2D eigenvalue weighted by molar-refractivity contribution is 0.00578. The van der Waals surface area contributed by atoms with Crippen molar-refractivity contribution in [2.24, 2.45) is 0 Å². The van der Waals surface area contributed by atoms with Crippen LogP contribution in [-0.2, 0) is 24.0 Å². The third-order valence-corrected chi connectivity index (χ3v) is 11.4. The molecule has 1 aliphatic carbocycles. The fraction of sp³-hybridized carbons (Fsp3) is 0.676. The van der Waals surface area contributed by atoms with Gasteiger partial charge in [-0.3, -0.25) is 0 Å². The van der Waals surface area contributed by atoms with Crippen LogP contribution in [0.4, 0.5) is 0 Å². The first-order valence-corrected chi connectivity index (χ1v) is 17.2. The van der Waals surface area contributed by atoms with Crippen molar-refractivity contribution in [2.45, 2.75) is 161 Å². The van der Waals surface area contributed by atoms with Crippen molar-refractivity contribution in [3.63, 3.8) is 0 Å². The molecule has 2 aromatic carbocycles. The van der Waals surface area contributed by atoms with Crippen LogP contribution in [0.2, 0.25) is 0 Å². The van der Waals surface area contributed by atoms with E-state index in [4.69, 9.17) is 18.6 Å². The number of rotatable bonds is 12. The number of hydrogen-bond acceptors (Lipinski definition) is 4. The molecule has 0 aromatic heterocycles. The molecule has 5 rings (SSSR count). The van der Waals surface area contributed by atoms with Gasteiger partial charge in [-0.05, 0) is 101 Å². The molecule has 0 amide bonds. The SMILES string of the molecule is CCCCCCC1(CCCCCC)c2ccc(B3OC(C)(C)C(C)(C)O3)cc2-c2cc(B3OC(C)(C)C(C)(C)O3)ccc21.